The van der Waals surface area contributed by atoms with E-state index in [4.69, 9.17) is 5.73 Å². The van der Waals surface area contributed by atoms with Gasteiger partial charge in [-0.1, -0.05) is 67.4 Å². The van der Waals surface area contributed by atoms with E-state index in [-0.39, 0.29) is 30.7 Å². The number of nitrogens with two attached hydrogens (primary N) is 1. The van der Waals surface area contributed by atoms with Crippen molar-refractivity contribution in [3.63, 3.8) is 0 Å². The smallest absolute Gasteiger partial charge is 0.237 e. The molecule has 1 aliphatic rings. The van der Waals surface area contributed by atoms with Crippen LogP contribution in [0.15, 0.2) is 54.6 Å². The highest BCUT2D eigenvalue weighted by Crippen LogP contribution is 2.16. The summed E-state index contributed by atoms with van der Waals surface area (Å²) in [6, 6.07) is 17.8. The van der Waals surface area contributed by atoms with Crippen LogP contribution in [0.25, 0.3) is 0 Å². The maximum atomic E-state index is 12.4. The van der Waals surface area contributed by atoms with Crippen LogP contribution in [-0.2, 0) is 24.3 Å². The molecule has 0 saturated carbocycles. The summed E-state index contributed by atoms with van der Waals surface area (Å²) in [7, 11) is 0. The minimum Gasteiger partial charge on any atom is -0.351 e. The van der Waals surface area contributed by atoms with Crippen molar-refractivity contribution in [1.29, 1.82) is 0 Å². The van der Waals surface area contributed by atoms with E-state index in [1.54, 1.807) is 0 Å². The molecule has 0 bridgehead atoms. The number of likely N-dealkylation sites (tertiary alicyclic amines) is 1. The van der Waals surface area contributed by atoms with Crippen molar-refractivity contribution in [1.82, 2.24) is 10.2 Å². The van der Waals surface area contributed by atoms with E-state index >= 15 is 0 Å². The van der Waals surface area contributed by atoms with Gasteiger partial charge in [-0.2, -0.15) is 0 Å². The largest absolute Gasteiger partial charge is 0.351 e. The lowest BCUT2D eigenvalue weighted by molar-refractivity contribution is -0.122. The first-order valence-corrected chi connectivity index (χ1v) is 10.1. The summed E-state index contributed by atoms with van der Waals surface area (Å²) in [6.45, 7) is 3.83. The lowest BCUT2D eigenvalue weighted by Gasteiger charge is -2.22. The van der Waals surface area contributed by atoms with E-state index in [1.807, 2.05) is 36.4 Å². The zero-order valence-corrected chi connectivity index (χ0v) is 18.5. The van der Waals surface area contributed by atoms with Crippen LogP contribution in [0.2, 0.25) is 0 Å². The molecule has 1 amide bonds. The Labute approximate surface area is 187 Å². The van der Waals surface area contributed by atoms with Crippen LogP contribution in [-0.4, -0.2) is 29.9 Å². The second-order valence-corrected chi connectivity index (χ2v) is 7.47. The van der Waals surface area contributed by atoms with Crippen molar-refractivity contribution in [3.05, 3.63) is 71.3 Å². The standard InChI is InChI=1S/C23H31N3O.2ClH/c24-22(16-19-10-4-3-5-11-19)23(27)25-17-20-12-6-7-13-21(20)18-26-14-8-1-2-9-15-26;;/h3-7,10-13,22H,1-2,8-9,14-18,24H2,(H,25,27);2*1H. The monoisotopic (exact) mass is 437 g/mol. The van der Waals surface area contributed by atoms with Gasteiger partial charge in [-0.15, -0.1) is 24.8 Å². The Bertz CT molecular complexity index is 719. The van der Waals surface area contributed by atoms with Crippen LogP contribution in [0.4, 0.5) is 0 Å². The molecule has 4 nitrogen and oxygen atoms in total. The van der Waals surface area contributed by atoms with E-state index < -0.39 is 6.04 Å². The van der Waals surface area contributed by atoms with Crippen molar-refractivity contribution >= 4 is 30.7 Å². The molecular formula is C23H33Cl2N3O. The number of halogens is 2. The number of hydrogen-bond acceptors (Lipinski definition) is 3. The Morgan fingerprint density at radius 1 is 0.897 bits per heavy atom. The van der Waals surface area contributed by atoms with Crippen LogP contribution in [0.5, 0.6) is 0 Å². The zero-order chi connectivity index (χ0) is 18.9. The highest BCUT2D eigenvalue weighted by Gasteiger charge is 2.15. The molecule has 3 N–H and O–H groups in total. The van der Waals surface area contributed by atoms with Crippen molar-refractivity contribution < 1.29 is 4.79 Å². The van der Waals surface area contributed by atoms with Gasteiger partial charge in [0.1, 0.15) is 0 Å². The molecule has 0 aliphatic carbocycles. The third-order valence-corrected chi connectivity index (χ3v) is 5.30. The van der Waals surface area contributed by atoms with E-state index in [0.29, 0.717) is 13.0 Å². The van der Waals surface area contributed by atoms with Gasteiger partial charge >= 0.3 is 0 Å². The molecule has 0 aromatic heterocycles. The summed E-state index contributed by atoms with van der Waals surface area (Å²) < 4.78 is 0. The summed E-state index contributed by atoms with van der Waals surface area (Å²) in [5.74, 6) is -0.0940. The third-order valence-electron chi connectivity index (χ3n) is 5.30. The zero-order valence-electron chi connectivity index (χ0n) is 16.9. The molecule has 160 valence electrons. The Morgan fingerprint density at radius 2 is 1.48 bits per heavy atom. The number of carbonyl (C=O) groups is 1. The molecule has 1 saturated heterocycles. The summed E-state index contributed by atoms with van der Waals surface area (Å²) in [6.07, 6.45) is 5.81. The molecular weight excluding hydrogens is 405 g/mol. The van der Waals surface area contributed by atoms with Gasteiger partial charge in [-0.25, -0.2) is 0 Å². The first kappa shape index (κ1) is 25.4. The number of benzene rings is 2. The minimum atomic E-state index is -0.523. The van der Waals surface area contributed by atoms with Gasteiger partial charge in [0.2, 0.25) is 5.91 Å². The predicted octanol–water partition coefficient (Wildman–Crippen LogP) is 4.09. The highest BCUT2D eigenvalue weighted by atomic mass is 35.5. The fourth-order valence-corrected chi connectivity index (χ4v) is 3.69. The van der Waals surface area contributed by atoms with Crippen molar-refractivity contribution in [2.24, 2.45) is 5.73 Å². The number of carbonyl (C=O) groups excluding carboxylic acids is 1. The number of nitrogens with one attached hydrogen (secondary N) is 1. The quantitative estimate of drug-likeness (QED) is 0.685. The van der Waals surface area contributed by atoms with Gasteiger partial charge in [0.05, 0.1) is 6.04 Å². The molecule has 1 atom stereocenters. The molecule has 0 spiro atoms. The van der Waals surface area contributed by atoms with Gasteiger partial charge in [-0.3, -0.25) is 9.69 Å². The number of amides is 1. The highest BCUT2D eigenvalue weighted by molar-refractivity contribution is 5.85. The summed E-state index contributed by atoms with van der Waals surface area (Å²) >= 11 is 0. The minimum absolute atomic E-state index is 0. The average Bonchev–Trinajstić information content (AvgIpc) is 2.96. The SMILES string of the molecule is Cl.Cl.NC(Cc1ccccc1)C(=O)NCc1ccccc1CN1CCCCCC1. The van der Waals surface area contributed by atoms with E-state index in [2.05, 4.69) is 28.4 Å². The lowest BCUT2D eigenvalue weighted by Crippen LogP contribution is -2.41. The van der Waals surface area contributed by atoms with Crippen LogP contribution in [0.1, 0.15) is 42.4 Å². The maximum absolute atomic E-state index is 12.4. The molecule has 6 heteroatoms. The van der Waals surface area contributed by atoms with Gasteiger partial charge < -0.3 is 11.1 Å². The molecule has 1 fully saturated rings. The first-order valence-electron chi connectivity index (χ1n) is 10.1. The normalized spacial score (nSPS) is 15.3. The van der Waals surface area contributed by atoms with E-state index in [1.165, 1.54) is 49.9 Å². The fraction of sp³-hybridized carbons (Fsp3) is 0.435. The Kier molecular flexibility index (Phi) is 11.9. The van der Waals surface area contributed by atoms with Gasteiger partial charge in [-0.05, 0) is 49.0 Å². The third kappa shape index (κ3) is 8.35. The second kappa shape index (κ2) is 13.6. The number of nitrogens with zero attached hydrogens (tertiary/aromatic N) is 1. The van der Waals surface area contributed by atoms with Crippen molar-refractivity contribution in [2.75, 3.05) is 13.1 Å². The molecule has 2 aromatic carbocycles. The summed E-state index contributed by atoms with van der Waals surface area (Å²) in [5, 5.41) is 3.03. The van der Waals surface area contributed by atoms with Crippen LogP contribution >= 0.6 is 24.8 Å². The van der Waals surface area contributed by atoms with Crippen LogP contribution < -0.4 is 11.1 Å². The molecule has 1 aliphatic heterocycles. The molecule has 1 heterocycles. The maximum Gasteiger partial charge on any atom is 0.237 e. The van der Waals surface area contributed by atoms with Gasteiger partial charge in [0.25, 0.3) is 0 Å². The molecule has 29 heavy (non-hydrogen) atoms. The fourth-order valence-electron chi connectivity index (χ4n) is 3.69. The van der Waals surface area contributed by atoms with Gasteiger partial charge in [0, 0.05) is 13.1 Å². The number of hydrogen-bond donors (Lipinski definition) is 2. The molecule has 0 radical (unpaired) electrons. The average molecular weight is 438 g/mol. The van der Waals surface area contributed by atoms with Crippen molar-refractivity contribution in [2.45, 2.75) is 51.2 Å². The van der Waals surface area contributed by atoms with Crippen LogP contribution in [0, 0.1) is 0 Å². The topological polar surface area (TPSA) is 58.4 Å². The van der Waals surface area contributed by atoms with Crippen LogP contribution in [0.3, 0.4) is 0 Å². The molecule has 1 unspecified atom stereocenters. The summed E-state index contributed by atoms with van der Waals surface area (Å²) in [4.78, 5) is 15.0. The van der Waals surface area contributed by atoms with Gasteiger partial charge in [0.15, 0.2) is 0 Å². The Balaban J connectivity index is 0.00000210. The van der Waals surface area contributed by atoms with E-state index in [0.717, 1.165) is 12.1 Å². The summed E-state index contributed by atoms with van der Waals surface area (Å²) in [5.41, 5.74) is 9.67. The Hall–Kier alpha value is -1.59. The first-order chi connectivity index (χ1) is 13.2. The Morgan fingerprint density at radius 3 is 2.14 bits per heavy atom. The second-order valence-electron chi connectivity index (χ2n) is 7.47. The van der Waals surface area contributed by atoms with E-state index in [9.17, 15) is 4.79 Å². The van der Waals surface area contributed by atoms with Crippen molar-refractivity contribution in [3.8, 4) is 0 Å². The lowest BCUT2D eigenvalue weighted by atomic mass is 10.0. The predicted molar refractivity (Wildman–Crippen MR) is 125 cm³/mol. The number of rotatable bonds is 7. The molecule has 2 aromatic rings. The molecule has 3 rings (SSSR count).